The van der Waals surface area contributed by atoms with Gasteiger partial charge >= 0.3 is 5.97 Å². The molecule has 0 radical (unpaired) electrons. The van der Waals surface area contributed by atoms with Crippen LogP contribution in [0.3, 0.4) is 0 Å². The predicted molar refractivity (Wildman–Crippen MR) is 138 cm³/mol. The summed E-state index contributed by atoms with van der Waals surface area (Å²) in [4.78, 5) is 32.8. The Morgan fingerprint density at radius 3 is 2.33 bits per heavy atom. The number of carboxylic acids is 1. The molecule has 4 aliphatic carbocycles. The number of nitrogens with zero attached hydrogens (tertiary/aromatic N) is 1. The molecule has 4 saturated carbocycles. The van der Waals surface area contributed by atoms with E-state index in [1.54, 1.807) is 18.2 Å². The Balaban J connectivity index is 1.22. The zero-order chi connectivity index (χ0) is 24.7. The molecule has 3 aromatic rings. The first-order chi connectivity index (χ1) is 17.5. The van der Waals surface area contributed by atoms with Crippen LogP contribution < -0.4 is 5.32 Å². The molecule has 1 heterocycles. The van der Waals surface area contributed by atoms with Gasteiger partial charge in [-0.1, -0.05) is 42.5 Å². The number of nitrogens with one attached hydrogen (secondary N) is 2. The number of carbonyl (C=O) groups is 2. The molecule has 0 spiro atoms. The summed E-state index contributed by atoms with van der Waals surface area (Å²) in [5.41, 5.74) is 3.70. The highest BCUT2D eigenvalue weighted by atomic mass is 16.4. The largest absolute Gasteiger partial charge is 0.478 e. The van der Waals surface area contributed by atoms with Crippen LogP contribution in [0.5, 0.6) is 0 Å². The average Bonchev–Trinajstić information content (AvgIpc) is 3.31. The summed E-state index contributed by atoms with van der Waals surface area (Å²) in [7, 11) is 0. The van der Waals surface area contributed by atoms with E-state index >= 15 is 0 Å². The van der Waals surface area contributed by atoms with Gasteiger partial charge in [-0.15, -0.1) is 0 Å². The second-order valence-electron chi connectivity index (χ2n) is 11.4. The zero-order valence-electron chi connectivity index (χ0n) is 20.5. The molecule has 1 amide bonds. The van der Waals surface area contributed by atoms with Gasteiger partial charge in [0.2, 0.25) is 0 Å². The Hall–Kier alpha value is -3.41. The summed E-state index contributed by atoms with van der Waals surface area (Å²) in [5.74, 6) is 2.23. The second-order valence-corrected chi connectivity index (χ2v) is 11.4. The van der Waals surface area contributed by atoms with Crippen molar-refractivity contribution in [2.24, 2.45) is 23.2 Å². The van der Waals surface area contributed by atoms with Gasteiger partial charge in [0.1, 0.15) is 11.5 Å². The highest BCUT2D eigenvalue weighted by Crippen LogP contribution is 2.61. The maximum Gasteiger partial charge on any atom is 0.335 e. The third-order valence-corrected chi connectivity index (χ3v) is 8.74. The molecule has 6 nitrogen and oxygen atoms in total. The fourth-order valence-corrected chi connectivity index (χ4v) is 7.58. The van der Waals surface area contributed by atoms with Crippen LogP contribution in [-0.4, -0.2) is 27.0 Å². The van der Waals surface area contributed by atoms with E-state index in [0.717, 1.165) is 47.4 Å². The van der Waals surface area contributed by atoms with E-state index in [-0.39, 0.29) is 18.0 Å². The molecule has 7 rings (SSSR count). The highest BCUT2D eigenvalue weighted by Gasteiger charge is 2.50. The summed E-state index contributed by atoms with van der Waals surface area (Å²) >= 11 is 0. The molecule has 0 aliphatic heterocycles. The SMILES string of the molecule is O=C(O)c1cccc(CNC(=O)c2nc(-c3ccccc3)[nH]c2CCC23CC4CC(CC(C4)C2)C3)c1. The van der Waals surface area contributed by atoms with Gasteiger partial charge < -0.3 is 15.4 Å². The standard InChI is InChI=1S/C30H33N3O3/c34-28(31-18-19-5-4-8-24(14-19)29(35)36)26-25(32-27(33-26)23-6-2-1-3-7-23)9-10-30-15-20-11-21(16-30)13-22(12-20)17-30/h1-8,14,20-22H,9-13,15-18H2,(H,31,34)(H,32,33)(H,35,36). The molecule has 36 heavy (non-hydrogen) atoms. The molecule has 2 aromatic carbocycles. The molecule has 6 heteroatoms. The van der Waals surface area contributed by atoms with Gasteiger partial charge in [-0.2, -0.15) is 0 Å². The van der Waals surface area contributed by atoms with Gasteiger partial charge in [0, 0.05) is 17.8 Å². The number of hydrogen-bond donors (Lipinski definition) is 3. The number of rotatable bonds is 8. The minimum Gasteiger partial charge on any atom is -0.478 e. The minimum absolute atomic E-state index is 0.212. The number of aryl methyl sites for hydroxylation is 1. The summed E-state index contributed by atoms with van der Waals surface area (Å²) in [6, 6.07) is 16.6. The zero-order valence-corrected chi connectivity index (χ0v) is 20.5. The maximum absolute atomic E-state index is 13.3. The van der Waals surface area contributed by atoms with Crippen LogP contribution in [0.1, 0.15) is 77.0 Å². The topological polar surface area (TPSA) is 95.1 Å². The lowest BCUT2D eigenvalue weighted by molar-refractivity contribution is -0.0570. The van der Waals surface area contributed by atoms with Crippen LogP contribution in [0, 0.1) is 23.2 Å². The number of carboxylic acid groups (broad SMARTS) is 1. The summed E-state index contributed by atoms with van der Waals surface area (Å²) < 4.78 is 0. The first-order valence-corrected chi connectivity index (χ1v) is 13.2. The Bertz CT molecular complexity index is 1240. The number of H-pyrrole nitrogens is 1. The van der Waals surface area contributed by atoms with Crippen LogP contribution in [0.4, 0.5) is 0 Å². The molecule has 1 aromatic heterocycles. The van der Waals surface area contributed by atoms with E-state index < -0.39 is 5.97 Å². The lowest BCUT2D eigenvalue weighted by atomic mass is 9.48. The number of aromatic carboxylic acids is 1. The number of aromatic nitrogens is 2. The quantitative estimate of drug-likeness (QED) is 0.374. The summed E-state index contributed by atoms with van der Waals surface area (Å²) in [6.07, 6.45) is 10.3. The summed E-state index contributed by atoms with van der Waals surface area (Å²) in [6.45, 7) is 0.252. The van der Waals surface area contributed by atoms with Gasteiger partial charge in [0.25, 0.3) is 5.91 Å². The number of benzene rings is 2. The molecule has 0 unspecified atom stereocenters. The average molecular weight is 484 g/mol. The lowest BCUT2D eigenvalue weighted by Crippen LogP contribution is -2.46. The van der Waals surface area contributed by atoms with Crippen molar-refractivity contribution < 1.29 is 14.7 Å². The van der Waals surface area contributed by atoms with E-state index in [9.17, 15) is 14.7 Å². The lowest BCUT2D eigenvalue weighted by Gasteiger charge is -2.57. The summed E-state index contributed by atoms with van der Waals surface area (Å²) in [5, 5.41) is 12.2. The van der Waals surface area contributed by atoms with Gasteiger partial charge in [-0.25, -0.2) is 9.78 Å². The van der Waals surface area contributed by atoms with Crippen molar-refractivity contribution in [2.45, 2.75) is 57.9 Å². The second kappa shape index (κ2) is 9.23. The van der Waals surface area contributed by atoms with Crippen LogP contribution >= 0.6 is 0 Å². The van der Waals surface area contributed by atoms with Gasteiger partial charge in [-0.3, -0.25) is 4.79 Å². The molecule has 4 bridgehead atoms. The van der Waals surface area contributed by atoms with Crippen molar-refractivity contribution in [2.75, 3.05) is 0 Å². The molecule has 4 aliphatic rings. The highest BCUT2D eigenvalue weighted by molar-refractivity contribution is 5.94. The number of hydrogen-bond acceptors (Lipinski definition) is 3. The monoisotopic (exact) mass is 483 g/mol. The maximum atomic E-state index is 13.3. The first kappa shape index (κ1) is 23.0. The Kier molecular flexibility index (Phi) is 5.90. The molecule has 0 atom stereocenters. The molecular formula is C30H33N3O3. The predicted octanol–water partition coefficient (Wildman–Crippen LogP) is 5.85. The van der Waals surface area contributed by atoms with E-state index in [1.165, 1.54) is 38.5 Å². The number of aromatic amines is 1. The van der Waals surface area contributed by atoms with Crippen LogP contribution in [0.25, 0.3) is 11.4 Å². The van der Waals surface area contributed by atoms with Crippen molar-refractivity contribution in [1.29, 1.82) is 0 Å². The molecule has 186 valence electrons. The smallest absolute Gasteiger partial charge is 0.335 e. The molecule has 4 fully saturated rings. The number of carbonyl (C=O) groups excluding carboxylic acids is 1. The first-order valence-electron chi connectivity index (χ1n) is 13.2. The van der Waals surface area contributed by atoms with E-state index in [4.69, 9.17) is 4.98 Å². The Labute approximate surface area is 211 Å². The minimum atomic E-state index is -0.977. The molecule has 3 N–H and O–H groups in total. The normalized spacial score (nSPS) is 26.2. The van der Waals surface area contributed by atoms with Gasteiger partial charge in [0.15, 0.2) is 0 Å². The van der Waals surface area contributed by atoms with Crippen molar-refractivity contribution in [3.63, 3.8) is 0 Å². The van der Waals surface area contributed by atoms with Crippen LogP contribution in [0.2, 0.25) is 0 Å². The van der Waals surface area contributed by atoms with Gasteiger partial charge in [0.05, 0.1) is 5.56 Å². The molecular weight excluding hydrogens is 450 g/mol. The molecule has 0 saturated heterocycles. The Morgan fingerprint density at radius 1 is 0.972 bits per heavy atom. The number of amides is 1. The number of imidazole rings is 1. The third-order valence-electron chi connectivity index (χ3n) is 8.74. The van der Waals surface area contributed by atoms with Crippen LogP contribution in [-0.2, 0) is 13.0 Å². The Morgan fingerprint density at radius 2 is 1.67 bits per heavy atom. The fraction of sp³-hybridized carbons (Fsp3) is 0.433. The van der Waals surface area contributed by atoms with E-state index in [1.807, 2.05) is 36.4 Å². The fourth-order valence-electron chi connectivity index (χ4n) is 7.58. The van der Waals surface area contributed by atoms with Crippen molar-refractivity contribution in [3.05, 3.63) is 77.1 Å². The van der Waals surface area contributed by atoms with Crippen LogP contribution in [0.15, 0.2) is 54.6 Å². The van der Waals surface area contributed by atoms with E-state index in [0.29, 0.717) is 16.9 Å². The van der Waals surface area contributed by atoms with Crippen molar-refractivity contribution in [3.8, 4) is 11.4 Å². The van der Waals surface area contributed by atoms with Crippen molar-refractivity contribution >= 4 is 11.9 Å². The third kappa shape index (κ3) is 4.57. The van der Waals surface area contributed by atoms with Gasteiger partial charge in [-0.05, 0) is 92.2 Å². The van der Waals surface area contributed by atoms with Crippen molar-refractivity contribution in [1.82, 2.24) is 15.3 Å². The van der Waals surface area contributed by atoms with E-state index in [2.05, 4.69) is 10.3 Å².